The first-order valence-corrected chi connectivity index (χ1v) is 11.6. The molecule has 1 amide bonds. The lowest BCUT2D eigenvalue weighted by atomic mass is 10.1. The highest BCUT2D eigenvalue weighted by atomic mass is 32.2. The summed E-state index contributed by atoms with van der Waals surface area (Å²) in [4.78, 5) is 15.4. The highest BCUT2D eigenvalue weighted by Gasteiger charge is 2.25. The Kier molecular flexibility index (Phi) is 6.79. The van der Waals surface area contributed by atoms with Crippen LogP contribution in [0.4, 0.5) is 0 Å². The van der Waals surface area contributed by atoms with E-state index < -0.39 is 5.25 Å². The third-order valence-electron chi connectivity index (χ3n) is 5.22. The third kappa shape index (κ3) is 5.25. The van der Waals surface area contributed by atoms with Crippen molar-refractivity contribution in [1.82, 2.24) is 29.6 Å². The Morgan fingerprint density at radius 1 is 1.00 bits per heavy atom. The van der Waals surface area contributed by atoms with Crippen LogP contribution in [0.1, 0.15) is 29.4 Å². The molecule has 4 aromatic rings. The van der Waals surface area contributed by atoms with Gasteiger partial charge in [-0.15, -0.1) is 10.2 Å². The quantitative estimate of drug-likeness (QED) is 0.319. The predicted octanol–water partition coefficient (Wildman–Crippen LogP) is 3.50. The molecule has 0 spiro atoms. The number of nitrogens with zero attached hydrogens (tertiary/aromatic N) is 6. The Hall–Kier alpha value is -3.59. The maximum absolute atomic E-state index is 13.5. The summed E-state index contributed by atoms with van der Waals surface area (Å²) < 4.78 is 3.03. The van der Waals surface area contributed by atoms with Crippen molar-refractivity contribution in [2.45, 2.75) is 44.3 Å². The normalized spacial score (nSPS) is 12.0. The van der Waals surface area contributed by atoms with Crippen LogP contribution < -0.4 is 5.84 Å². The van der Waals surface area contributed by atoms with E-state index in [1.165, 1.54) is 16.4 Å². The van der Waals surface area contributed by atoms with Gasteiger partial charge < -0.3 is 10.7 Å². The van der Waals surface area contributed by atoms with Crippen LogP contribution in [0.3, 0.4) is 0 Å². The van der Waals surface area contributed by atoms with E-state index in [4.69, 9.17) is 5.84 Å². The van der Waals surface area contributed by atoms with E-state index >= 15 is 0 Å². The summed E-state index contributed by atoms with van der Waals surface area (Å²) in [7, 11) is 0. The van der Waals surface area contributed by atoms with Crippen LogP contribution in [0.2, 0.25) is 0 Å². The number of nitrogen functional groups attached to an aromatic ring is 1. The number of hydrogen-bond donors (Lipinski definition) is 1. The molecular formula is C24H27N7OS. The van der Waals surface area contributed by atoms with E-state index in [-0.39, 0.29) is 5.91 Å². The minimum absolute atomic E-state index is 0.00312. The fourth-order valence-electron chi connectivity index (χ4n) is 3.61. The standard InChI is InChI=1S/C24H27N7OS/c1-17-14-18(2)31(28-17)23-26-27-24(30(23)25)33-19(3)22(32)29(15-20-10-6-4-7-11-20)16-21-12-8-5-9-13-21/h4-14,19H,15-16,25H2,1-3H3. The zero-order chi connectivity index (χ0) is 23.4. The molecule has 4 rings (SSSR count). The molecule has 1 atom stereocenters. The van der Waals surface area contributed by atoms with Gasteiger partial charge in [-0.3, -0.25) is 4.79 Å². The fraction of sp³-hybridized carbons (Fsp3) is 0.250. The number of amides is 1. The van der Waals surface area contributed by atoms with Gasteiger partial charge in [0.25, 0.3) is 5.95 Å². The van der Waals surface area contributed by atoms with Crippen molar-refractivity contribution >= 4 is 17.7 Å². The smallest absolute Gasteiger partial charge is 0.271 e. The maximum atomic E-state index is 13.5. The first-order valence-electron chi connectivity index (χ1n) is 10.7. The van der Waals surface area contributed by atoms with Crippen LogP contribution in [0, 0.1) is 13.8 Å². The van der Waals surface area contributed by atoms with Crippen molar-refractivity contribution in [2.24, 2.45) is 0 Å². The Morgan fingerprint density at radius 2 is 1.58 bits per heavy atom. The number of carbonyl (C=O) groups is 1. The van der Waals surface area contributed by atoms with Crippen LogP contribution >= 0.6 is 11.8 Å². The van der Waals surface area contributed by atoms with Gasteiger partial charge in [0.15, 0.2) is 0 Å². The van der Waals surface area contributed by atoms with Crippen molar-refractivity contribution in [3.05, 3.63) is 89.2 Å². The number of carbonyl (C=O) groups excluding carboxylic acids is 1. The Labute approximate surface area is 197 Å². The van der Waals surface area contributed by atoms with Crippen molar-refractivity contribution in [2.75, 3.05) is 5.84 Å². The van der Waals surface area contributed by atoms with Crippen molar-refractivity contribution in [3.8, 4) is 5.95 Å². The summed E-state index contributed by atoms with van der Waals surface area (Å²) in [5.74, 6) is 6.68. The molecule has 1 unspecified atom stereocenters. The van der Waals surface area contributed by atoms with E-state index in [0.717, 1.165) is 22.5 Å². The summed E-state index contributed by atoms with van der Waals surface area (Å²) in [6, 6.07) is 21.9. The fourth-order valence-corrected chi connectivity index (χ4v) is 4.46. The largest absolute Gasteiger partial charge is 0.334 e. The highest BCUT2D eigenvalue weighted by Crippen LogP contribution is 2.25. The molecule has 2 heterocycles. The SMILES string of the molecule is Cc1cc(C)n(-c2nnc(SC(C)C(=O)N(Cc3ccccc3)Cc3ccccc3)n2N)n1. The molecule has 8 nitrogen and oxygen atoms in total. The van der Waals surface area contributed by atoms with Gasteiger partial charge in [-0.2, -0.15) is 5.10 Å². The minimum atomic E-state index is -0.405. The van der Waals surface area contributed by atoms with Crippen molar-refractivity contribution in [1.29, 1.82) is 0 Å². The Balaban J connectivity index is 1.53. The van der Waals surface area contributed by atoms with Gasteiger partial charge in [0.1, 0.15) is 0 Å². The zero-order valence-corrected chi connectivity index (χ0v) is 19.7. The summed E-state index contributed by atoms with van der Waals surface area (Å²) in [5.41, 5.74) is 3.93. The zero-order valence-electron chi connectivity index (χ0n) is 18.9. The molecule has 0 aliphatic carbocycles. The summed E-state index contributed by atoms with van der Waals surface area (Å²) >= 11 is 1.29. The van der Waals surface area contributed by atoms with E-state index in [9.17, 15) is 4.79 Å². The van der Waals surface area contributed by atoms with Gasteiger partial charge in [-0.25, -0.2) is 9.36 Å². The molecule has 0 aliphatic heterocycles. The van der Waals surface area contributed by atoms with Crippen molar-refractivity contribution in [3.63, 3.8) is 0 Å². The summed E-state index contributed by atoms with van der Waals surface area (Å²) in [5, 5.41) is 12.9. The molecule has 2 N–H and O–H groups in total. The van der Waals surface area contributed by atoms with E-state index in [1.807, 2.05) is 92.4 Å². The number of benzene rings is 2. The number of nitrogens with two attached hydrogens (primary N) is 1. The minimum Gasteiger partial charge on any atom is -0.334 e. The molecule has 0 saturated heterocycles. The van der Waals surface area contributed by atoms with Gasteiger partial charge in [-0.05, 0) is 38.0 Å². The van der Waals surface area contributed by atoms with Crippen LogP contribution in [0.5, 0.6) is 0 Å². The topological polar surface area (TPSA) is 94.9 Å². The first kappa shape index (κ1) is 22.6. The van der Waals surface area contributed by atoms with Gasteiger partial charge in [0.2, 0.25) is 11.1 Å². The van der Waals surface area contributed by atoms with Crippen molar-refractivity contribution < 1.29 is 4.79 Å². The summed E-state index contributed by atoms with van der Waals surface area (Å²) in [6.07, 6.45) is 0. The molecule has 9 heteroatoms. The first-order chi connectivity index (χ1) is 15.9. The van der Waals surface area contributed by atoms with Crippen LogP contribution in [-0.2, 0) is 17.9 Å². The van der Waals surface area contributed by atoms with E-state index in [0.29, 0.717) is 24.2 Å². The molecule has 2 aromatic heterocycles. The Bertz CT molecular complexity index is 1180. The van der Waals surface area contributed by atoms with E-state index in [2.05, 4.69) is 15.3 Å². The molecule has 0 saturated carbocycles. The van der Waals surface area contributed by atoms with Crippen LogP contribution in [-0.4, -0.2) is 40.7 Å². The molecule has 170 valence electrons. The number of rotatable bonds is 8. The third-order valence-corrected chi connectivity index (χ3v) is 6.26. The average Bonchev–Trinajstić information content (AvgIpc) is 3.34. The van der Waals surface area contributed by atoms with Crippen LogP contribution in [0.25, 0.3) is 5.95 Å². The second-order valence-electron chi connectivity index (χ2n) is 7.92. The number of aromatic nitrogens is 5. The number of thioether (sulfide) groups is 1. The second kappa shape index (κ2) is 9.91. The average molecular weight is 462 g/mol. The molecule has 0 radical (unpaired) electrons. The molecule has 0 fully saturated rings. The number of aryl methyl sites for hydroxylation is 2. The predicted molar refractivity (Wildman–Crippen MR) is 129 cm³/mol. The molecule has 0 aliphatic rings. The Morgan fingerprint density at radius 3 is 2.09 bits per heavy atom. The maximum Gasteiger partial charge on any atom is 0.271 e. The molecular weight excluding hydrogens is 434 g/mol. The molecule has 2 aromatic carbocycles. The lowest BCUT2D eigenvalue weighted by molar-refractivity contribution is -0.131. The highest BCUT2D eigenvalue weighted by molar-refractivity contribution is 8.00. The van der Waals surface area contributed by atoms with Gasteiger partial charge in [-0.1, -0.05) is 72.4 Å². The van der Waals surface area contributed by atoms with Gasteiger partial charge in [0, 0.05) is 18.8 Å². The van der Waals surface area contributed by atoms with Crippen LogP contribution in [0.15, 0.2) is 71.9 Å². The summed E-state index contributed by atoms with van der Waals surface area (Å²) in [6.45, 7) is 6.75. The van der Waals surface area contributed by atoms with Gasteiger partial charge >= 0.3 is 0 Å². The number of hydrogen-bond acceptors (Lipinski definition) is 6. The monoisotopic (exact) mass is 461 g/mol. The lowest BCUT2D eigenvalue weighted by Gasteiger charge is -2.26. The molecule has 0 bridgehead atoms. The van der Waals surface area contributed by atoms with Gasteiger partial charge in [0.05, 0.1) is 10.9 Å². The lowest BCUT2D eigenvalue weighted by Crippen LogP contribution is -2.36. The molecule has 33 heavy (non-hydrogen) atoms. The van der Waals surface area contributed by atoms with E-state index in [1.54, 1.807) is 4.68 Å². The second-order valence-corrected chi connectivity index (χ2v) is 9.23.